The Morgan fingerprint density at radius 3 is 2.57 bits per heavy atom. The van der Waals surface area contributed by atoms with Crippen molar-refractivity contribution in [3.8, 4) is 24.7 Å². The molecule has 2 N–H and O–H groups in total. The van der Waals surface area contributed by atoms with Gasteiger partial charge in [0.25, 0.3) is 0 Å². The fourth-order valence-electron chi connectivity index (χ4n) is 4.91. The first kappa shape index (κ1) is 28.7. The summed E-state index contributed by atoms with van der Waals surface area (Å²) in [6, 6.07) is 10.3. The normalized spacial score (nSPS) is 20.5. The molecule has 1 aromatic carbocycles. The number of unbranched alkanes of at least 4 members (excludes halogenated alkanes) is 1. The number of benzene rings is 1. The van der Waals surface area contributed by atoms with E-state index < -0.39 is 0 Å². The summed E-state index contributed by atoms with van der Waals surface area (Å²) in [7, 11) is 0. The molecule has 0 amide bonds. The predicted molar refractivity (Wildman–Crippen MR) is 141 cm³/mol. The fraction of sp³-hybridized carbons (Fsp3) is 0.581. The Kier molecular flexibility index (Phi) is 13.9. The number of aliphatic hydroxyl groups excluding tert-OH is 2. The van der Waals surface area contributed by atoms with Gasteiger partial charge in [0.2, 0.25) is 0 Å². The van der Waals surface area contributed by atoms with Gasteiger partial charge in [0.05, 0.1) is 18.8 Å². The molecule has 1 fully saturated rings. The summed E-state index contributed by atoms with van der Waals surface area (Å²) in [6.45, 7) is 0.283. The van der Waals surface area contributed by atoms with Crippen molar-refractivity contribution < 1.29 is 19.7 Å². The second-order valence-corrected chi connectivity index (χ2v) is 9.79. The molecule has 1 saturated carbocycles. The molecule has 0 bridgehead atoms. The van der Waals surface area contributed by atoms with E-state index in [0.29, 0.717) is 25.2 Å². The molecule has 1 aliphatic carbocycles. The molecule has 0 saturated heterocycles. The highest BCUT2D eigenvalue weighted by Crippen LogP contribution is 2.38. The van der Waals surface area contributed by atoms with Crippen LogP contribution in [0.15, 0.2) is 42.5 Å². The van der Waals surface area contributed by atoms with Gasteiger partial charge in [0, 0.05) is 25.2 Å². The van der Waals surface area contributed by atoms with Gasteiger partial charge in [0.1, 0.15) is 0 Å². The molecule has 0 unspecified atom stereocenters. The molecule has 0 radical (unpaired) electrons. The number of hydrogen-bond acceptors (Lipinski definition) is 4. The van der Waals surface area contributed by atoms with Crippen LogP contribution in [0.25, 0.3) is 0 Å². The molecule has 4 nitrogen and oxygen atoms in total. The van der Waals surface area contributed by atoms with E-state index >= 15 is 0 Å². The Balaban J connectivity index is 1.61. The van der Waals surface area contributed by atoms with Crippen LogP contribution in [0.2, 0.25) is 0 Å². The van der Waals surface area contributed by atoms with Crippen LogP contribution >= 0.6 is 0 Å². The molecule has 0 aromatic heterocycles. The number of terminal acetylenes is 2. The average Bonchev–Trinajstić information content (AvgIpc) is 3.22. The van der Waals surface area contributed by atoms with E-state index in [1.54, 1.807) is 0 Å². The lowest BCUT2D eigenvalue weighted by Crippen LogP contribution is -2.20. The molecular weight excluding hydrogens is 436 g/mol. The van der Waals surface area contributed by atoms with Crippen LogP contribution in [-0.2, 0) is 16.0 Å². The van der Waals surface area contributed by atoms with Gasteiger partial charge in [-0.2, -0.15) is 0 Å². The first-order valence-corrected chi connectivity index (χ1v) is 13.1. The summed E-state index contributed by atoms with van der Waals surface area (Å²) in [5, 5.41) is 20.9. The van der Waals surface area contributed by atoms with Crippen LogP contribution < -0.4 is 0 Å². The molecule has 0 heterocycles. The van der Waals surface area contributed by atoms with Crippen LogP contribution in [0.1, 0.15) is 76.2 Å². The highest BCUT2D eigenvalue weighted by Gasteiger charge is 2.33. The van der Waals surface area contributed by atoms with Gasteiger partial charge in [0.15, 0.2) is 0 Å². The lowest BCUT2D eigenvalue weighted by molar-refractivity contribution is -0.145. The largest absolute Gasteiger partial charge is 0.465 e. The number of hydrogen-bond donors (Lipinski definition) is 2. The maximum Gasteiger partial charge on any atom is 0.305 e. The molecular formula is C31H42O4. The van der Waals surface area contributed by atoms with E-state index in [9.17, 15) is 15.0 Å². The second-order valence-electron chi connectivity index (χ2n) is 9.79. The molecule has 35 heavy (non-hydrogen) atoms. The van der Waals surface area contributed by atoms with Gasteiger partial charge < -0.3 is 14.9 Å². The molecule has 0 spiro atoms. The SMILES string of the molecule is C#CCC(CC#C)COC(=O)CCC/C=C\C[C@@H]1[C@@H](CC[C@@H](O)CCc2ccccc2)CC[C@@H]1O. The van der Waals surface area contributed by atoms with E-state index in [4.69, 9.17) is 17.6 Å². The molecule has 4 atom stereocenters. The van der Waals surface area contributed by atoms with Crippen molar-refractivity contribution in [3.63, 3.8) is 0 Å². The molecule has 4 heteroatoms. The second kappa shape index (κ2) is 17.0. The van der Waals surface area contributed by atoms with E-state index in [-0.39, 0.29) is 36.6 Å². The van der Waals surface area contributed by atoms with Crippen LogP contribution in [0.4, 0.5) is 0 Å². The van der Waals surface area contributed by atoms with E-state index in [1.807, 2.05) is 18.2 Å². The molecule has 190 valence electrons. The molecule has 1 aromatic rings. The number of aryl methyl sites for hydroxylation is 1. The van der Waals surface area contributed by atoms with Crippen molar-refractivity contribution in [1.29, 1.82) is 0 Å². The summed E-state index contributed by atoms with van der Waals surface area (Å²) in [4.78, 5) is 11.9. The number of carbonyl (C=O) groups is 1. The smallest absolute Gasteiger partial charge is 0.305 e. The van der Waals surface area contributed by atoms with Gasteiger partial charge in [-0.05, 0) is 75.2 Å². The third kappa shape index (κ3) is 11.6. The zero-order valence-electron chi connectivity index (χ0n) is 21.0. The van der Waals surface area contributed by atoms with Gasteiger partial charge in [-0.1, -0.05) is 42.5 Å². The molecule has 1 aliphatic rings. The fourth-order valence-corrected chi connectivity index (χ4v) is 4.91. The first-order valence-electron chi connectivity index (χ1n) is 13.1. The highest BCUT2D eigenvalue weighted by molar-refractivity contribution is 5.69. The van der Waals surface area contributed by atoms with E-state index in [2.05, 4.69) is 36.1 Å². The lowest BCUT2D eigenvalue weighted by atomic mass is 9.86. The monoisotopic (exact) mass is 478 g/mol. The Labute approximate surface area is 212 Å². The van der Waals surface area contributed by atoms with Crippen LogP contribution in [0.3, 0.4) is 0 Å². The summed E-state index contributed by atoms with van der Waals surface area (Å²) in [5.74, 6) is 5.67. The summed E-state index contributed by atoms with van der Waals surface area (Å²) >= 11 is 0. The van der Waals surface area contributed by atoms with Crippen LogP contribution in [0, 0.1) is 42.4 Å². The number of ether oxygens (including phenoxy) is 1. The number of rotatable bonds is 16. The molecule has 2 rings (SSSR count). The predicted octanol–water partition coefficient (Wildman–Crippen LogP) is 5.47. The zero-order valence-corrected chi connectivity index (χ0v) is 21.0. The van der Waals surface area contributed by atoms with Crippen molar-refractivity contribution in [2.24, 2.45) is 17.8 Å². The topological polar surface area (TPSA) is 66.8 Å². The van der Waals surface area contributed by atoms with Gasteiger partial charge >= 0.3 is 5.97 Å². The summed E-state index contributed by atoms with van der Waals surface area (Å²) in [5.41, 5.74) is 1.26. The highest BCUT2D eigenvalue weighted by atomic mass is 16.5. The Hall–Kier alpha value is -2.53. The third-order valence-corrected chi connectivity index (χ3v) is 7.03. The lowest BCUT2D eigenvalue weighted by Gasteiger charge is -2.22. The minimum absolute atomic E-state index is 0.0320. The van der Waals surface area contributed by atoms with Crippen molar-refractivity contribution in [2.75, 3.05) is 6.61 Å². The summed E-state index contributed by atoms with van der Waals surface area (Å²) < 4.78 is 5.31. The van der Waals surface area contributed by atoms with Crippen molar-refractivity contribution in [1.82, 2.24) is 0 Å². The maximum atomic E-state index is 11.9. The van der Waals surface area contributed by atoms with Gasteiger partial charge in [-0.25, -0.2) is 0 Å². The first-order chi connectivity index (χ1) is 17.0. The summed E-state index contributed by atoms with van der Waals surface area (Å²) in [6.07, 6.45) is 23.4. The van der Waals surface area contributed by atoms with Crippen molar-refractivity contribution in [3.05, 3.63) is 48.0 Å². The van der Waals surface area contributed by atoms with E-state index in [1.165, 1.54) is 5.56 Å². The van der Waals surface area contributed by atoms with Gasteiger partial charge in [-0.3, -0.25) is 4.79 Å². The Morgan fingerprint density at radius 2 is 1.86 bits per heavy atom. The Bertz CT molecular complexity index is 816. The Morgan fingerprint density at radius 1 is 1.11 bits per heavy atom. The van der Waals surface area contributed by atoms with Crippen LogP contribution in [-0.4, -0.2) is 35.0 Å². The zero-order chi connectivity index (χ0) is 25.3. The van der Waals surface area contributed by atoms with Crippen LogP contribution in [0.5, 0.6) is 0 Å². The number of aliphatic hydroxyl groups is 2. The van der Waals surface area contributed by atoms with Crippen molar-refractivity contribution in [2.45, 2.75) is 89.3 Å². The minimum atomic E-state index is -0.294. The number of allylic oxidation sites excluding steroid dienone is 2. The number of esters is 1. The number of carbonyl (C=O) groups excluding carboxylic acids is 1. The molecule has 0 aliphatic heterocycles. The van der Waals surface area contributed by atoms with E-state index in [0.717, 1.165) is 57.8 Å². The average molecular weight is 479 g/mol. The third-order valence-electron chi connectivity index (χ3n) is 7.03. The van der Waals surface area contributed by atoms with Gasteiger partial charge in [-0.15, -0.1) is 24.7 Å². The minimum Gasteiger partial charge on any atom is -0.465 e. The standard InChI is InChI=1S/C31H42O4/c1-3-12-26(13-4-2)24-35-31(34)17-11-6-5-10-16-29-27(20-23-30(29)33)19-22-28(32)21-18-25-14-8-7-9-15-25/h1-2,5,7-10,14-15,26-30,32-33H,6,11-13,16-24H2/b10-5-/t27-,28-,29+,30-/m0/s1. The quantitative estimate of drug-likeness (QED) is 0.143. The maximum absolute atomic E-state index is 11.9. The van der Waals surface area contributed by atoms with Crippen molar-refractivity contribution >= 4 is 5.97 Å².